The van der Waals surface area contributed by atoms with E-state index in [0.717, 1.165) is 0 Å². The highest BCUT2D eigenvalue weighted by atomic mass is 35.5. The van der Waals surface area contributed by atoms with E-state index >= 15 is 0 Å². The molecule has 4 nitrogen and oxygen atoms in total. The second-order valence-corrected chi connectivity index (χ2v) is 4.19. The maximum absolute atomic E-state index is 10.1. The van der Waals surface area contributed by atoms with Crippen molar-refractivity contribution in [2.45, 2.75) is 20.8 Å². The van der Waals surface area contributed by atoms with Gasteiger partial charge in [-0.25, -0.2) is 4.79 Å². The molecule has 5 heteroatoms. The number of carbonyl (C=O) groups is 1. The van der Waals surface area contributed by atoms with Crippen LogP contribution in [0.3, 0.4) is 0 Å². The zero-order valence-electron chi connectivity index (χ0n) is 11.7. The quantitative estimate of drug-likeness (QED) is 0.873. The third-order valence-electron chi connectivity index (χ3n) is 2.52. The topological polar surface area (TPSA) is 49.8 Å². The predicted molar refractivity (Wildman–Crippen MR) is 78.0 cm³/mol. The van der Waals surface area contributed by atoms with Crippen molar-refractivity contribution >= 4 is 17.6 Å². The Morgan fingerprint density at radius 3 is 1.95 bits per heavy atom. The van der Waals surface area contributed by atoms with Crippen LogP contribution in [0.15, 0.2) is 24.3 Å². The highest BCUT2D eigenvalue weighted by Gasteiger charge is 1.97. The molecule has 0 heterocycles. The fourth-order valence-electron chi connectivity index (χ4n) is 1.35. The van der Waals surface area contributed by atoms with Crippen molar-refractivity contribution in [1.29, 1.82) is 0 Å². The molecule has 0 aliphatic rings. The Morgan fingerprint density at radius 2 is 1.63 bits per heavy atom. The Hall–Kier alpha value is -1.26. The van der Waals surface area contributed by atoms with Crippen LogP contribution in [0.4, 0.5) is 0 Å². The van der Waals surface area contributed by atoms with Crippen molar-refractivity contribution in [1.82, 2.24) is 4.90 Å². The SMILES string of the molecule is CCN(CC)CC.O=C(O)COc1ccc(Cl)cc1. The lowest BCUT2D eigenvalue weighted by Crippen LogP contribution is -2.21. The number of ether oxygens (including phenoxy) is 1. The molecule has 0 amide bonds. The lowest BCUT2D eigenvalue weighted by Gasteiger charge is -2.13. The lowest BCUT2D eigenvalue weighted by atomic mass is 10.3. The molecule has 0 radical (unpaired) electrons. The Balaban J connectivity index is 0.000000399. The first kappa shape index (κ1) is 17.7. The largest absolute Gasteiger partial charge is 0.482 e. The summed E-state index contributed by atoms with van der Waals surface area (Å²) in [6.07, 6.45) is 0. The number of hydrogen-bond acceptors (Lipinski definition) is 3. The summed E-state index contributed by atoms with van der Waals surface area (Å²) in [6, 6.07) is 6.51. The van der Waals surface area contributed by atoms with Crippen molar-refractivity contribution in [2.75, 3.05) is 26.2 Å². The lowest BCUT2D eigenvalue weighted by molar-refractivity contribution is -0.139. The van der Waals surface area contributed by atoms with E-state index in [2.05, 4.69) is 25.7 Å². The molecule has 0 bridgehead atoms. The molecule has 1 aromatic carbocycles. The molecule has 1 N–H and O–H groups in total. The number of hydrogen-bond donors (Lipinski definition) is 1. The molecule has 19 heavy (non-hydrogen) atoms. The summed E-state index contributed by atoms with van der Waals surface area (Å²) in [5.74, 6) is -0.494. The maximum atomic E-state index is 10.1. The molecule has 0 aliphatic heterocycles. The smallest absolute Gasteiger partial charge is 0.341 e. The fourth-order valence-corrected chi connectivity index (χ4v) is 1.47. The molecular weight excluding hydrogens is 266 g/mol. The van der Waals surface area contributed by atoms with Gasteiger partial charge >= 0.3 is 5.97 Å². The predicted octanol–water partition coefficient (Wildman–Crippen LogP) is 3.15. The van der Waals surface area contributed by atoms with Gasteiger partial charge in [-0.3, -0.25) is 0 Å². The average molecular weight is 288 g/mol. The number of halogens is 1. The number of carboxylic acid groups (broad SMARTS) is 1. The van der Waals surface area contributed by atoms with Crippen LogP contribution in [0.2, 0.25) is 5.02 Å². The summed E-state index contributed by atoms with van der Waals surface area (Å²) in [4.78, 5) is 12.5. The fraction of sp³-hybridized carbons (Fsp3) is 0.500. The summed E-state index contributed by atoms with van der Waals surface area (Å²) in [5.41, 5.74) is 0. The molecule has 0 aliphatic carbocycles. The molecule has 0 atom stereocenters. The van der Waals surface area contributed by atoms with Crippen LogP contribution in [0.1, 0.15) is 20.8 Å². The monoisotopic (exact) mass is 287 g/mol. The Morgan fingerprint density at radius 1 is 1.16 bits per heavy atom. The first-order valence-electron chi connectivity index (χ1n) is 6.35. The number of carboxylic acids is 1. The standard InChI is InChI=1S/C8H7ClO3.C6H15N/c9-6-1-3-7(4-2-6)12-5-8(10)11;1-4-7(5-2)6-3/h1-4H,5H2,(H,10,11);4-6H2,1-3H3. The second-order valence-electron chi connectivity index (χ2n) is 3.76. The van der Waals surface area contributed by atoms with Gasteiger partial charge < -0.3 is 14.7 Å². The van der Waals surface area contributed by atoms with E-state index < -0.39 is 5.97 Å². The van der Waals surface area contributed by atoms with Crippen molar-refractivity contribution in [3.63, 3.8) is 0 Å². The number of benzene rings is 1. The van der Waals surface area contributed by atoms with Crippen LogP contribution in [0.25, 0.3) is 0 Å². The summed E-state index contributed by atoms with van der Waals surface area (Å²) in [7, 11) is 0. The summed E-state index contributed by atoms with van der Waals surface area (Å²) < 4.78 is 4.86. The van der Waals surface area contributed by atoms with Crippen LogP contribution in [0.5, 0.6) is 5.75 Å². The zero-order valence-corrected chi connectivity index (χ0v) is 12.5. The number of aliphatic carboxylic acids is 1. The first-order chi connectivity index (χ1) is 9.03. The minimum absolute atomic E-state index is 0.332. The minimum atomic E-state index is -0.995. The van der Waals surface area contributed by atoms with Gasteiger partial charge in [0.05, 0.1) is 0 Å². The molecule has 1 aromatic rings. The van der Waals surface area contributed by atoms with Gasteiger partial charge in [-0.2, -0.15) is 0 Å². The molecular formula is C14H22ClNO3. The van der Waals surface area contributed by atoms with Gasteiger partial charge in [0.1, 0.15) is 5.75 Å². The Kier molecular flexibility index (Phi) is 9.94. The van der Waals surface area contributed by atoms with E-state index in [9.17, 15) is 4.79 Å². The highest BCUT2D eigenvalue weighted by molar-refractivity contribution is 6.30. The van der Waals surface area contributed by atoms with Crippen LogP contribution in [-0.4, -0.2) is 42.2 Å². The van der Waals surface area contributed by atoms with Gasteiger partial charge in [0.25, 0.3) is 0 Å². The van der Waals surface area contributed by atoms with Crippen molar-refractivity contribution < 1.29 is 14.6 Å². The first-order valence-corrected chi connectivity index (χ1v) is 6.73. The molecule has 0 saturated carbocycles. The van der Waals surface area contributed by atoms with Crippen LogP contribution in [0, 0.1) is 0 Å². The third kappa shape index (κ3) is 9.33. The second kappa shape index (κ2) is 10.6. The van der Waals surface area contributed by atoms with Gasteiger partial charge in [-0.15, -0.1) is 0 Å². The van der Waals surface area contributed by atoms with E-state index in [1.54, 1.807) is 24.3 Å². The molecule has 0 fully saturated rings. The third-order valence-corrected chi connectivity index (χ3v) is 2.77. The van der Waals surface area contributed by atoms with Crippen LogP contribution in [-0.2, 0) is 4.79 Å². The number of nitrogens with zero attached hydrogens (tertiary/aromatic N) is 1. The van der Waals surface area contributed by atoms with Gasteiger partial charge in [-0.1, -0.05) is 32.4 Å². The van der Waals surface area contributed by atoms with E-state index in [1.807, 2.05) is 0 Å². The maximum Gasteiger partial charge on any atom is 0.341 e. The Bertz CT molecular complexity index is 345. The van der Waals surface area contributed by atoms with E-state index in [1.165, 1.54) is 19.6 Å². The summed E-state index contributed by atoms with van der Waals surface area (Å²) >= 11 is 5.60. The molecule has 0 spiro atoms. The zero-order chi connectivity index (χ0) is 14.7. The van der Waals surface area contributed by atoms with Gasteiger partial charge in [0, 0.05) is 5.02 Å². The molecule has 108 valence electrons. The van der Waals surface area contributed by atoms with E-state index in [0.29, 0.717) is 10.8 Å². The van der Waals surface area contributed by atoms with E-state index in [-0.39, 0.29) is 6.61 Å². The van der Waals surface area contributed by atoms with Crippen molar-refractivity contribution in [3.05, 3.63) is 29.3 Å². The summed E-state index contributed by atoms with van der Waals surface area (Å²) in [5, 5.41) is 8.87. The van der Waals surface area contributed by atoms with Crippen molar-refractivity contribution in [2.24, 2.45) is 0 Å². The molecule has 0 aromatic heterocycles. The van der Waals surface area contributed by atoms with Crippen LogP contribution >= 0.6 is 11.6 Å². The van der Waals surface area contributed by atoms with E-state index in [4.69, 9.17) is 21.4 Å². The average Bonchev–Trinajstić information content (AvgIpc) is 2.41. The van der Waals surface area contributed by atoms with Crippen LogP contribution < -0.4 is 4.74 Å². The minimum Gasteiger partial charge on any atom is -0.482 e. The summed E-state index contributed by atoms with van der Waals surface area (Å²) in [6.45, 7) is 9.79. The van der Waals surface area contributed by atoms with Gasteiger partial charge in [0.15, 0.2) is 6.61 Å². The highest BCUT2D eigenvalue weighted by Crippen LogP contribution is 2.15. The van der Waals surface area contributed by atoms with Gasteiger partial charge in [0.2, 0.25) is 0 Å². The van der Waals surface area contributed by atoms with Gasteiger partial charge in [-0.05, 0) is 43.9 Å². The molecule has 0 saturated heterocycles. The normalized spacial score (nSPS) is 9.74. The molecule has 1 rings (SSSR count). The van der Waals surface area contributed by atoms with Crippen molar-refractivity contribution in [3.8, 4) is 5.75 Å². The Labute approximate surface area is 119 Å². The number of rotatable bonds is 6. The molecule has 0 unspecified atom stereocenters.